The van der Waals surface area contributed by atoms with Crippen molar-refractivity contribution in [3.05, 3.63) is 65.7 Å². The highest BCUT2D eigenvalue weighted by Gasteiger charge is 2.48. The molecule has 1 heterocycles. The molecule has 0 spiro atoms. The molecule has 2 atom stereocenters. The smallest absolute Gasteiger partial charge is 0.319 e. The Morgan fingerprint density at radius 2 is 1.74 bits per heavy atom. The molecule has 0 bridgehead atoms. The molecule has 1 aliphatic rings. The van der Waals surface area contributed by atoms with Crippen LogP contribution < -0.4 is 4.74 Å². The van der Waals surface area contributed by atoms with Crippen LogP contribution in [0.3, 0.4) is 0 Å². The fourth-order valence-electron chi connectivity index (χ4n) is 3.30. The van der Waals surface area contributed by atoms with E-state index >= 15 is 0 Å². The second-order valence-electron chi connectivity index (χ2n) is 6.23. The lowest BCUT2D eigenvalue weighted by molar-refractivity contribution is -0.152. The van der Waals surface area contributed by atoms with E-state index in [1.165, 1.54) is 7.11 Å². The number of imide groups is 1. The van der Waals surface area contributed by atoms with Crippen molar-refractivity contribution in [1.82, 2.24) is 4.90 Å². The van der Waals surface area contributed by atoms with Gasteiger partial charge in [-0.1, -0.05) is 30.3 Å². The Morgan fingerprint density at radius 3 is 2.33 bits per heavy atom. The first kappa shape index (κ1) is 18.6. The summed E-state index contributed by atoms with van der Waals surface area (Å²) in [7, 11) is 1.54. The van der Waals surface area contributed by atoms with E-state index in [0.29, 0.717) is 11.3 Å². The normalized spacial score (nSPS) is 19.0. The third-order valence-electron chi connectivity index (χ3n) is 4.66. The average molecular weight is 367 g/mol. The minimum atomic E-state index is -1.02. The number of amides is 2. The minimum absolute atomic E-state index is 0.136. The Balaban J connectivity index is 1.91. The van der Waals surface area contributed by atoms with Gasteiger partial charge in [0.05, 0.1) is 13.7 Å². The van der Waals surface area contributed by atoms with Gasteiger partial charge in [-0.3, -0.25) is 19.3 Å². The van der Waals surface area contributed by atoms with Gasteiger partial charge in [0.25, 0.3) is 5.91 Å². The van der Waals surface area contributed by atoms with Gasteiger partial charge >= 0.3 is 5.97 Å². The van der Waals surface area contributed by atoms with Crippen LogP contribution in [-0.2, 0) is 14.3 Å². The zero-order valence-corrected chi connectivity index (χ0v) is 15.3. The van der Waals surface area contributed by atoms with Crippen LogP contribution in [0.15, 0.2) is 54.6 Å². The Morgan fingerprint density at radius 1 is 1.07 bits per heavy atom. The number of methoxy groups -OCH3 is 1. The molecule has 0 radical (unpaired) electrons. The van der Waals surface area contributed by atoms with Crippen molar-refractivity contribution in [3.63, 3.8) is 0 Å². The van der Waals surface area contributed by atoms with Gasteiger partial charge in [-0.25, -0.2) is 0 Å². The van der Waals surface area contributed by atoms with E-state index in [9.17, 15) is 14.4 Å². The summed E-state index contributed by atoms with van der Waals surface area (Å²) in [5.74, 6) is -2.39. The predicted octanol–water partition coefficient (Wildman–Crippen LogP) is 2.64. The fourth-order valence-corrected chi connectivity index (χ4v) is 3.30. The topological polar surface area (TPSA) is 72.9 Å². The van der Waals surface area contributed by atoms with Crippen molar-refractivity contribution < 1.29 is 23.9 Å². The summed E-state index contributed by atoms with van der Waals surface area (Å²) in [5.41, 5.74) is 1.19. The van der Waals surface area contributed by atoms with E-state index in [1.807, 2.05) is 30.3 Å². The molecule has 1 saturated heterocycles. The van der Waals surface area contributed by atoms with Crippen molar-refractivity contribution in [3.8, 4) is 5.75 Å². The number of likely N-dealkylation sites (tertiary alicyclic amines) is 1. The number of esters is 1. The number of carbonyl (C=O) groups excluding carboxylic acids is 3. The molecular formula is C21H21NO5. The third kappa shape index (κ3) is 3.69. The molecule has 0 unspecified atom stereocenters. The SMILES string of the molecule is CCOC(=O)[C@@H]1C(=O)N(C(=O)c2ccc(OC)cc2)C[C@H]1c1ccccc1. The number of hydrogen-bond donors (Lipinski definition) is 0. The molecule has 140 valence electrons. The summed E-state index contributed by atoms with van der Waals surface area (Å²) in [6, 6.07) is 15.8. The Kier molecular flexibility index (Phi) is 5.54. The molecule has 27 heavy (non-hydrogen) atoms. The van der Waals surface area contributed by atoms with Crippen LogP contribution in [0.2, 0.25) is 0 Å². The third-order valence-corrected chi connectivity index (χ3v) is 4.66. The molecule has 3 rings (SSSR count). The highest BCUT2D eigenvalue weighted by molar-refractivity contribution is 6.12. The maximum Gasteiger partial charge on any atom is 0.319 e. The Labute approximate surface area is 157 Å². The van der Waals surface area contributed by atoms with E-state index in [0.717, 1.165) is 10.5 Å². The molecule has 0 N–H and O–H groups in total. The first-order valence-electron chi connectivity index (χ1n) is 8.78. The van der Waals surface area contributed by atoms with Crippen LogP contribution in [0.25, 0.3) is 0 Å². The zero-order valence-electron chi connectivity index (χ0n) is 15.3. The van der Waals surface area contributed by atoms with Gasteiger partial charge in [0.15, 0.2) is 0 Å². The molecular weight excluding hydrogens is 346 g/mol. The lowest BCUT2D eigenvalue weighted by Gasteiger charge is -2.15. The molecule has 2 amide bonds. The largest absolute Gasteiger partial charge is 0.497 e. The standard InChI is InChI=1S/C21H21NO5/c1-3-27-21(25)18-17(14-7-5-4-6-8-14)13-22(20(18)24)19(23)15-9-11-16(26-2)12-10-15/h4-12,17-18H,3,13H2,1-2H3/t17-,18-/m0/s1. The summed E-state index contributed by atoms with van der Waals surface area (Å²) in [4.78, 5) is 39.4. The molecule has 2 aromatic rings. The first-order chi connectivity index (χ1) is 13.1. The lowest BCUT2D eigenvalue weighted by Crippen LogP contribution is -2.36. The van der Waals surface area contributed by atoms with Crippen molar-refractivity contribution in [2.24, 2.45) is 5.92 Å². The number of nitrogens with zero attached hydrogens (tertiary/aromatic N) is 1. The van der Waals surface area contributed by atoms with Crippen LogP contribution in [0, 0.1) is 5.92 Å². The van der Waals surface area contributed by atoms with Gasteiger partial charge in [0, 0.05) is 18.0 Å². The molecule has 0 aromatic heterocycles. The molecule has 1 fully saturated rings. The van der Waals surface area contributed by atoms with Crippen LogP contribution in [-0.4, -0.2) is 42.9 Å². The van der Waals surface area contributed by atoms with E-state index in [4.69, 9.17) is 9.47 Å². The highest BCUT2D eigenvalue weighted by Crippen LogP contribution is 2.35. The average Bonchev–Trinajstić information content (AvgIpc) is 3.05. The second-order valence-corrected chi connectivity index (χ2v) is 6.23. The zero-order chi connectivity index (χ0) is 19.4. The van der Waals surface area contributed by atoms with Crippen molar-refractivity contribution >= 4 is 17.8 Å². The van der Waals surface area contributed by atoms with E-state index < -0.39 is 29.6 Å². The van der Waals surface area contributed by atoms with Crippen molar-refractivity contribution in [2.45, 2.75) is 12.8 Å². The quantitative estimate of drug-likeness (QED) is 0.461. The van der Waals surface area contributed by atoms with Gasteiger partial charge in [-0.15, -0.1) is 0 Å². The predicted molar refractivity (Wildman–Crippen MR) is 98.3 cm³/mol. The summed E-state index contributed by atoms with van der Waals surface area (Å²) in [5, 5.41) is 0. The second kappa shape index (κ2) is 8.03. The Hall–Kier alpha value is -3.15. The summed E-state index contributed by atoms with van der Waals surface area (Å²) < 4.78 is 10.2. The fraction of sp³-hybridized carbons (Fsp3) is 0.286. The highest BCUT2D eigenvalue weighted by atomic mass is 16.5. The summed E-state index contributed by atoms with van der Waals surface area (Å²) in [6.45, 7) is 2.00. The summed E-state index contributed by atoms with van der Waals surface area (Å²) in [6.07, 6.45) is 0. The molecule has 2 aromatic carbocycles. The van der Waals surface area contributed by atoms with Gasteiger partial charge in [0.1, 0.15) is 11.7 Å². The monoisotopic (exact) mass is 367 g/mol. The number of hydrogen-bond acceptors (Lipinski definition) is 5. The number of ether oxygens (including phenoxy) is 2. The van der Waals surface area contributed by atoms with Crippen molar-refractivity contribution in [1.29, 1.82) is 0 Å². The van der Waals surface area contributed by atoms with Gasteiger partial charge in [0.2, 0.25) is 5.91 Å². The van der Waals surface area contributed by atoms with E-state index in [2.05, 4.69) is 0 Å². The van der Waals surface area contributed by atoms with Gasteiger partial charge in [-0.05, 0) is 36.8 Å². The maximum absolute atomic E-state index is 12.9. The van der Waals surface area contributed by atoms with E-state index in [-0.39, 0.29) is 13.2 Å². The maximum atomic E-state index is 12.9. The summed E-state index contributed by atoms with van der Waals surface area (Å²) >= 11 is 0. The van der Waals surface area contributed by atoms with Crippen LogP contribution in [0.5, 0.6) is 5.75 Å². The van der Waals surface area contributed by atoms with Crippen LogP contribution in [0.1, 0.15) is 28.8 Å². The van der Waals surface area contributed by atoms with E-state index in [1.54, 1.807) is 31.2 Å². The lowest BCUT2D eigenvalue weighted by atomic mass is 9.89. The molecule has 1 aliphatic heterocycles. The number of benzene rings is 2. The van der Waals surface area contributed by atoms with Gasteiger partial charge in [-0.2, -0.15) is 0 Å². The molecule has 0 saturated carbocycles. The van der Waals surface area contributed by atoms with Crippen LogP contribution >= 0.6 is 0 Å². The number of rotatable bonds is 5. The molecule has 0 aliphatic carbocycles. The molecule has 6 nitrogen and oxygen atoms in total. The number of carbonyl (C=O) groups is 3. The van der Waals surface area contributed by atoms with Crippen molar-refractivity contribution in [2.75, 3.05) is 20.3 Å². The van der Waals surface area contributed by atoms with Crippen LogP contribution in [0.4, 0.5) is 0 Å². The minimum Gasteiger partial charge on any atom is -0.497 e. The molecule has 6 heteroatoms. The van der Waals surface area contributed by atoms with Gasteiger partial charge < -0.3 is 9.47 Å². The first-order valence-corrected chi connectivity index (χ1v) is 8.78. The Bertz CT molecular complexity index is 831.